The molecule has 2 aromatic rings. The second-order valence-corrected chi connectivity index (χ2v) is 5.71. The number of anilines is 2. The van der Waals surface area contributed by atoms with Crippen LogP contribution in [0.25, 0.3) is 0 Å². The number of methoxy groups -OCH3 is 1. The molecule has 0 aliphatic rings. The van der Waals surface area contributed by atoms with Gasteiger partial charge in [-0.25, -0.2) is 0 Å². The van der Waals surface area contributed by atoms with Crippen molar-refractivity contribution >= 4 is 23.2 Å². The van der Waals surface area contributed by atoms with Crippen molar-refractivity contribution in [2.24, 2.45) is 5.73 Å². The number of likely N-dealkylation sites (N-methyl/N-ethyl adjacent to an activating group) is 1. The minimum atomic E-state index is -0.717. The molecule has 0 aliphatic carbocycles. The lowest BCUT2D eigenvalue weighted by molar-refractivity contribution is -0.119. The average molecular weight is 341 g/mol. The Kier molecular flexibility index (Phi) is 6.68. The van der Waals surface area contributed by atoms with Gasteiger partial charge in [0.05, 0.1) is 13.0 Å². The molecule has 0 bridgehead atoms. The van der Waals surface area contributed by atoms with Crippen LogP contribution in [0.4, 0.5) is 11.4 Å². The van der Waals surface area contributed by atoms with E-state index in [1.165, 1.54) is 7.11 Å². The summed E-state index contributed by atoms with van der Waals surface area (Å²) in [6.45, 7) is 0.157. The van der Waals surface area contributed by atoms with Crippen molar-refractivity contribution in [2.45, 2.75) is 12.5 Å². The molecule has 0 saturated carbocycles. The molecule has 25 heavy (non-hydrogen) atoms. The van der Waals surface area contributed by atoms with E-state index >= 15 is 0 Å². The Labute approximate surface area is 147 Å². The van der Waals surface area contributed by atoms with Gasteiger partial charge in [-0.15, -0.1) is 0 Å². The Balaban J connectivity index is 1.94. The number of benzene rings is 2. The molecule has 1 unspecified atom stereocenters. The smallest absolute Gasteiger partial charge is 0.243 e. The molecular formula is C19H23N3O3. The first-order valence-electron chi connectivity index (χ1n) is 7.97. The van der Waals surface area contributed by atoms with Crippen LogP contribution < -0.4 is 16.0 Å². The zero-order chi connectivity index (χ0) is 18.2. The molecule has 0 aliphatic heterocycles. The van der Waals surface area contributed by atoms with Gasteiger partial charge in [0, 0.05) is 25.5 Å². The highest BCUT2D eigenvalue weighted by Crippen LogP contribution is 2.15. The molecule has 2 aromatic carbocycles. The number of ether oxygens (including phenoxy) is 1. The van der Waals surface area contributed by atoms with Crippen LogP contribution in [0.1, 0.15) is 5.56 Å². The molecule has 0 spiro atoms. The minimum Gasteiger partial charge on any atom is -0.383 e. The van der Waals surface area contributed by atoms with E-state index in [9.17, 15) is 9.59 Å². The van der Waals surface area contributed by atoms with E-state index in [0.717, 1.165) is 11.3 Å². The van der Waals surface area contributed by atoms with Crippen molar-refractivity contribution in [3.05, 3.63) is 60.2 Å². The fraction of sp³-hybridized carbons (Fsp3) is 0.263. The largest absolute Gasteiger partial charge is 0.383 e. The summed E-state index contributed by atoms with van der Waals surface area (Å²) < 4.78 is 4.86. The molecule has 0 fully saturated rings. The van der Waals surface area contributed by atoms with Crippen molar-refractivity contribution in [1.82, 2.24) is 0 Å². The number of para-hydroxylation sites is 1. The average Bonchev–Trinajstić information content (AvgIpc) is 2.63. The van der Waals surface area contributed by atoms with Gasteiger partial charge in [0.2, 0.25) is 11.8 Å². The zero-order valence-corrected chi connectivity index (χ0v) is 14.4. The zero-order valence-electron chi connectivity index (χ0n) is 14.4. The second kappa shape index (κ2) is 8.96. The quantitative estimate of drug-likeness (QED) is 0.804. The standard InChI is InChI=1S/C19H23N3O3/c1-22(16-6-4-3-5-7-16)18(23)12-14-8-10-15(11-9-14)21-19(24)17(20)13-25-2/h3-11,17H,12-13,20H2,1-2H3,(H,21,24). The lowest BCUT2D eigenvalue weighted by Crippen LogP contribution is -2.39. The summed E-state index contributed by atoms with van der Waals surface area (Å²) in [6.07, 6.45) is 0.281. The number of nitrogens with one attached hydrogen (secondary N) is 1. The van der Waals surface area contributed by atoms with Gasteiger partial charge in [-0.2, -0.15) is 0 Å². The number of carbonyl (C=O) groups is 2. The normalized spacial score (nSPS) is 11.6. The first kappa shape index (κ1) is 18.6. The Morgan fingerprint density at radius 3 is 2.36 bits per heavy atom. The summed E-state index contributed by atoms with van der Waals surface area (Å²) in [5, 5.41) is 2.72. The van der Waals surface area contributed by atoms with Gasteiger partial charge in [0.15, 0.2) is 0 Å². The predicted molar refractivity (Wildman–Crippen MR) is 98.5 cm³/mol. The molecule has 132 valence electrons. The molecule has 2 rings (SSSR count). The van der Waals surface area contributed by atoms with E-state index < -0.39 is 6.04 Å². The molecular weight excluding hydrogens is 318 g/mol. The van der Waals surface area contributed by atoms with Crippen LogP contribution in [-0.2, 0) is 20.7 Å². The van der Waals surface area contributed by atoms with Gasteiger partial charge >= 0.3 is 0 Å². The third kappa shape index (κ3) is 5.41. The van der Waals surface area contributed by atoms with E-state index in [1.54, 1.807) is 24.1 Å². The Bertz CT molecular complexity index is 702. The topological polar surface area (TPSA) is 84.7 Å². The molecule has 0 saturated heterocycles. The number of amides is 2. The number of nitrogens with two attached hydrogens (primary N) is 1. The molecule has 0 aromatic heterocycles. The summed E-state index contributed by atoms with van der Waals surface area (Å²) in [5.41, 5.74) is 8.02. The lowest BCUT2D eigenvalue weighted by atomic mass is 10.1. The van der Waals surface area contributed by atoms with E-state index in [-0.39, 0.29) is 24.8 Å². The lowest BCUT2D eigenvalue weighted by Gasteiger charge is -2.17. The molecule has 6 heteroatoms. The number of hydrogen-bond acceptors (Lipinski definition) is 4. The Morgan fingerprint density at radius 2 is 1.76 bits per heavy atom. The number of nitrogens with zero attached hydrogens (tertiary/aromatic N) is 1. The summed E-state index contributed by atoms with van der Waals surface area (Å²) in [7, 11) is 3.24. The van der Waals surface area contributed by atoms with Gasteiger partial charge in [-0.3, -0.25) is 9.59 Å². The van der Waals surface area contributed by atoms with Gasteiger partial charge in [0.1, 0.15) is 6.04 Å². The highest BCUT2D eigenvalue weighted by Gasteiger charge is 2.14. The number of hydrogen-bond donors (Lipinski definition) is 2. The number of carbonyl (C=O) groups excluding carboxylic acids is 2. The molecule has 3 N–H and O–H groups in total. The van der Waals surface area contributed by atoms with E-state index in [1.807, 2.05) is 42.5 Å². The molecule has 0 radical (unpaired) electrons. The molecule has 0 heterocycles. The Hall–Kier alpha value is -2.70. The summed E-state index contributed by atoms with van der Waals surface area (Å²) in [6, 6.07) is 15.9. The summed E-state index contributed by atoms with van der Waals surface area (Å²) in [4.78, 5) is 25.8. The van der Waals surface area contributed by atoms with Crippen molar-refractivity contribution in [1.29, 1.82) is 0 Å². The highest BCUT2D eigenvalue weighted by atomic mass is 16.5. The summed E-state index contributed by atoms with van der Waals surface area (Å²) in [5.74, 6) is -0.320. The van der Waals surface area contributed by atoms with Gasteiger partial charge in [-0.1, -0.05) is 30.3 Å². The first-order chi connectivity index (χ1) is 12.0. The van der Waals surface area contributed by atoms with Crippen molar-refractivity contribution in [2.75, 3.05) is 31.0 Å². The maximum Gasteiger partial charge on any atom is 0.243 e. The third-order valence-electron chi connectivity index (χ3n) is 3.78. The van der Waals surface area contributed by atoms with Crippen LogP contribution in [0.2, 0.25) is 0 Å². The first-order valence-corrected chi connectivity index (χ1v) is 7.97. The monoisotopic (exact) mass is 341 g/mol. The predicted octanol–water partition coefficient (Wildman–Crippen LogP) is 1.80. The summed E-state index contributed by atoms with van der Waals surface area (Å²) >= 11 is 0. The van der Waals surface area contributed by atoms with Gasteiger partial charge in [0.25, 0.3) is 0 Å². The van der Waals surface area contributed by atoms with E-state index in [2.05, 4.69) is 5.32 Å². The van der Waals surface area contributed by atoms with Crippen molar-refractivity contribution in [3.63, 3.8) is 0 Å². The molecule has 2 amide bonds. The van der Waals surface area contributed by atoms with Crippen LogP contribution in [0.5, 0.6) is 0 Å². The number of rotatable bonds is 7. The third-order valence-corrected chi connectivity index (χ3v) is 3.78. The van der Waals surface area contributed by atoms with Crippen LogP contribution in [0.3, 0.4) is 0 Å². The fourth-order valence-corrected chi connectivity index (χ4v) is 2.28. The highest BCUT2D eigenvalue weighted by molar-refractivity contribution is 5.95. The van der Waals surface area contributed by atoms with Crippen LogP contribution in [0, 0.1) is 0 Å². The molecule has 1 atom stereocenters. The second-order valence-electron chi connectivity index (χ2n) is 5.71. The maximum atomic E-state index is 12.4. The van der Waals surface area contributed by atoms with E-state index in [4.69, 9.17) is 10.5 Å². The SMILES string of the molecule is COCC(N)C(=O)Nc1ccc(CC(=O)N(C)c2ccccc2)cc1. The van der Waals surface area contributed by atoms with Gasteiger partial charge < -0.3 is 20.7 Å². The van der Waals surface area contributed by atoms with Crippen LogP contribution in [0.15, 0.2) is 54.6 Å². The van der Waals surface area contributed by atoms with E-state index in [0.29, 0.717) is 5.69 Å². The van der Waals surface area contributed by atoms with Crippen molar-refractivity contribution in [3.8, 4) is 0 Å². The van der Waals surface area contributed by atoms with Crippen LogP contribution in [-0.4, -0.2) is 38.6 Å². The fourth-order valence-electron chi connectivity index (χ4n) is 2.28. The Morgan fingerprint density at radius 1 is 1.12 bits per heavy atom. The van der Waals surface area contributed by atoms with Crippen molar-refractivity contribution < 1.29 is 14.3 Å². The maximum absolute atomic E-state index is 12.4. The molecule has 6 nitrogen and oxygen atoms in total. The van der Waals surface area contributed by atoms with Crippen LogP contribution >= 0.6 is 0 Å². The minimum absolute atomic E-state index is 0.00916. The van der Waals surface area contributed by atoms with Gasteiger partial charge in [-0.05, 0) is 29.8 Å².